The predicted molar refractivity (Wildman–Crippen MR) is 176 cm³/mol. The number of carbonyl (C=O) groups excluding carboxylic acids is 2. The quantitative estimate of drug-likeness (QED) is 0.211. The Morgan fingerprint density at radius 2 is 1.56 bits per heavy atom. The third kappa shape index (κ3) is 10.3. The molecule has 0 aliphatic carbocycles. The molecule has 0 aromatic heterocycles. The van der Waals surface area contributed by atoms with Crippen LogP contribution in [-0.2, 0) is 32.6 Å². The van der Waals surface area contributed by atoms with Crippen LogP contribution in [0.25, 0.3) is 0 Å². The Labute approximate surface area is 266 Å². The van der Waals surface area contributed by atoms with Crippen molar-refractivity contribution in [2.75, 3.05) is 17.1 Å². The van der Waals surface area contributed by atoms with E-state index in [1.165, 1.54) is 4.31 Å². The van der Waals surface area contributed by atoms with E-state index in [2.05, 4.69) is 5.32 Å². The molecule has 232 valence electrons. The average Bonchev–Trinajstić information content (AvgIpc) is 2.93. The molecule has 0 heterocycles. The monoisotopic (exact) mass is 645 g/mol. The first-order valence-electron chi connectivity index (χ1n) is 14.4. The van der Waals surface area contributed by atoms with Crippen LogP contribution in [0.5, 0.6) is 0 Å². The van der Waals surface area contributed by atoms with Gasteiger partial charge in [0, 0.05) is 32.0 Å². The van der Waals surface area contributed by atoms with Gasteiger partial charge in [-0.3, -0.25) is 13.9 Å². The fourth-order valence-corrected chi connectivity index (χ4v) is 6.20. The summed E-state index contributed by atoms with van der Waals surface area (Å²) in [5.41, 5.74) is 4.10. The number of nitrogens with one attached hydrogen (secondary N) is 1. The highest BCUT2D eigenvalue weighted by atomic mass is 35.5. The van der Waals surface area contributed by atoms with Gasteiger partial charge in [0.15, 0.2) is 0 Å². The van der Waals surface area contributed by atoms with Crippen LogP contribution in [0, 0.1) is 13.8 Å². The van der Waals surface area contributed by atoms with E-state index in [-0.39, 0.29) is 43.8 Å². The maximum absolute atomic E-state index is 14.0. The lowest BCUT2D eigenvalue weighted by atomic mass is 10.0. The summed E-state index contributed by atoms with van der Waals surface area (Å²) in [6.07, 6.45) is 2.53. The Morgan fingerprint density at radius 1 is 0.907 bits per heavy atom. The van der Waals surface area contributed by atoms with Crippen LogP contribution in [-0.4, -0.2) is 50.0 Å². The molecule has 0 saturated carbocycles. The number of sulfonamides is 1. The lowest BCUT2D eigenvalue weighted by Gasteiger charge is -2.33. The number of hydrogen-bond acceptors (Lipinski definition) is 4. The molecule has 0 radical (unpaired) electrons. The van der Waals surface area contributed by atoms with Crippen molar-refractivity contribution in [3.63, 3.8) is 0 Å². The number of amides is 2. The molecule has 0 unspecified atom stereocenters. The van der Waals surface area contributed by atoms with Crippen molar-refractivity contribution in [1.82, 2.24) is 10.2 Å². The first kappa shape index (κ1) is 34.4. The molecule has 0 spiro atoms. The van der Waals surface area contributed by atoms with Gasteiger partial charge in [-0.1, -0.05) is 72.6 Å². The van der Waals surface area contributed by atoms with Crippen molar-refractivity contribution in [3.05, 3.63) is 99.0 Å². The van der Waals surface area contributed by atoms with Gasteiger partial charge in [0.1, 0.15) is 6.04 Å². The lowest BCUT2D eigenvalue weighted by Crippen LogP contribution is -2.52. The van der Waals surface area contributed by atoms with E-state index >= 15 is 0 Å². The normalized spacial score (nSPS) is 12.8. The maximum Gasteiger partial charge on any atom is 0.243 e. The van der Waals surface area contributed by atoms with Crippen LogP contribution < -0.4 is 9.62 Å². The van der Waals surface area contributed by atoms with Gasteiger partial charge in [0.05, 0.1) is 22.0 Å². The van der Waals surface area contributed by atoms with Crippen LogP contribution in [0.1, 0.15) is 55.4 Å². The summed E-state index contributed by atoms with van der Waals surface area (Å²) >= 11 is 12.4. The molecule has 2 amide bonds. The SMILES string of the molecule is CC[C@H](C)NC(=O)[C@H](Cc1ccccc1)N(Cc1ccc(Cl)c(Cl)c1)C(=O)CCCN(c1cc(C)cc(C)c1)S(C)(=O)=O. The van der Waals surface area contributed by atoms with Crippen LogP contribution in [0.2, 0.25) is 10.0 Å². The van der Waals surface area contributed by atoms with Crippen LogP contribution in [0.3, 0.4) is 0 Å². The van der Waals surface area contributed by atoms with Gasteiger partial charge in [-0.05, 0) is 80.1 Å². The summed E-state index contributed by atoms with van der Waals surface area (Å²) < 4.78 is 26.8. The Balaban J connectivity index is 1.93. The highest BCUT2D eigenvalue weighted by Gasteiger charge is 2.31. The molecule has 10 heteroatoms. The zero-order valence-corrected chi connectivity index (χ0v) is 27.8. The summed E-state index contributed by atoms with van der Waals surface area (Å²) in [6.45, 7) is 8.00. The zero-order valence-electron chi connectivity index (χ0n) is 25.4. The van der Waals surface area contributed by atoms with Gasteiger partial charge in [0.2, 0.25) is 21.8 Å². The van der Waals surface area contributed by atoms with Gasteiger partial charge in [0.25, 0.3) is 0 Å². The smallest absolute Gasteiger partial charge is 0.243 e. The van der Waals surface area contributed by atoms with E-state index in [1.54, 1.807) is 23.1 Å². The number of benzene rings is 3. The largest absolute Gasteiger partial charge is 0.352 e. The molecule has 3 aromatic carbocycles. The molecule has 7 nitrogen and oxygen atoms in total. The van der Waals surface area contributed by atoms with E-state index in [0.29, 0.717) is 22.2 Å². The zero-order chi connectivity index (χ0) is 31.7. The highest BCUT2D eigenvalue weighted by Crippen LogP contribution is 2.26. The molecule has 3 aromatic rings. The highest BCUT2D eigenvalue weighted by molar-refractivity contribution is 7.92. The summed E-state index contributed by atoms with van der Waals surface area (Å²) in [4.78, 5) is 29.3. The molecule has 0 aliphatic rings. The molecule has 43 heavy (non-hydrogen) atoms. The number of rotatable bonds is 14. The van der Waals surface area contributed by atoms with Crippen LogP contribution in [0.4, 0.5) is 5.69 Å². The summed E-state index contributed by atoms with van der Waals surface area (Å²) in [7, 11) is -3.60. The summed E-state index contributed by atoms with van der Waals surface area (Å²) in [5, 5.41) is 3.80. The molecular formula is C33H41Cl2N3O4S. The minimum absolute atomic E-state index is 0.0417. The number of nitrogens with zero attached hydrogens (tertiary/aromatic N) is 2. The molecule has 2 atom stereocenters. The molecule has 0 bridgehead atoms. The summed E-state index contributed by atoms with van der Waals surface area (Å²) in [5.74, 6) is -0.514. The van der Waals surface area contributed by atoms with Crippen molar-refractivity contribution >= 4 is 50.7 Å². The van der Waals surface area contributed by atoms with Gasteiger partial charge in [-0.15, -0.1) is 0 Å². The van der Waals surface area contributed by atoms with E-state index in [4.69, 9.17) is 23.2 Å². The van der Waals surface area contributed by atoms with Crippen LogP contribution in [0.15, 0.2) is 66.7 Å². The van der Waals surface area contributed by atoms with Crippen molar-refractivity contribution in [1.29, 1.82) is 0 Å². The molecule has 1 N–H and O–H groups in total. The van der Waals surface area contributed by atoms with Crippen LogP contribution >= 0.6 is 23.2 Å². The Kier molecular flexibility index (Phi) is 12.5. The Hall–Kier alpha value is -3.07. The topological polar surface area (TPSA) is 86.8 Å². The van der Waals surface area contributed by atoms with Crippen molar-refractivity contribution < 1.29 is 18.0 Å². The molecule has 0 fully saturated rings. The van der Waals surface area contributed by atoms with Crippen molar-refractivity contribution in [3.8, 4) is 0 Å². The number of hydrogen-bond donors (Lipinski definition) is 1. The number of halogens is 2. The Morgan fingerprint density at radius 3 is 2.14 bits per heavy atom. The van der Waals surface area contributed by atoms with Gasteiger partial charge in [-0.2, -0.15) is 0 Å². The first-order valence-corrected chi connectivity index (χ1v) is 17.0. The third-order valence-electron chi connectivity index (χ3n) is 7.26. The second-order valence-corrected chi connectivity index (χ2v) is 13.8. The van der Waals surface area contributed by atoms with Crippen molar-refractivity contribution in [2.45, 2.75) is 72.0 Å². The van der Waals surface area contributed by atoms with Gasteiger partial charge >= 0.3 is 0 Å². The minimum atomic E-state index is -3.60. The number of aryl methyl sites for hydroxylation is 2. The van der Waals surface area contributed by atoms with Crippen molar-refractivity contribution in [2.24, 2.45) is 0 Å². The molecule has 0 saturated heterocycles. The molecular weight excluding hydrogens is 605 g/mol. The van der Waals surface area contributed by atoms with E-state index in [0.717, 1.165) is 34.9 Å². The van der Waals surface area contributed by atoms with E-state index < -0.39 is 16.1 Å². The average molecular weight is 647 g/mol. The van der Waals surface area contributed by atoms with E-state index in [9.17, 15) is 18.0 Å². The van der Waals surface area contributed by atoms with E-state index in [1.807, 2.05) is 76.2 Å². The number of anilines is 1. The lowest BCUT2D eigenvalue weighted by molar-refractivity contribution is -0.141. The van der Waals surface area contributed by atoms with Gasteiger partial charge < -0.3 is 10.2 Å². The third-order valence-corrected chi connectivity index (χ3v) is 9.19. The fourth-order valence-electron chi connectivity index (χ4n) is 4.93. The standard InChI is InChI=1S/C33H41Cl2N3O4S/c1-6-25(4)36-33(40)31(21-26-11-8-7-9-12-26)37(22-27-14-15-29(34)30(35)20-27)32(39)13-10-16-38(43(5,41)42)28-18-23(2)17-24(3)19-28/h7-9,11-12,14-15,17-20,25,31H,6,10,13,16,21-22H2,1-5H3,(H,36,40)/t25-,31-/m0/s1. The fraction of sp³-hybridized carbons (Fsp3) is 0.394. The second kappa shape index (κ2) is 15.6. The van der Waals surface area contributed by atoms with Gasteiger partial charge in [-0.25, -0.2) is 8.42 Å². The minimum Gasteiger partial charge on any atom is -0.352 e. The second-order valence-electron chi connectivity index (χ2n) is 11.1. The summed E-state index contributed by atoms with van der Waals surface area (Å²) in [6, 6.07) is 19.5. The Bertz CT molecular complexity index is 1500. The maximum atomic E-state index is 14.0. The molecule has 3 rings (SSSR count). The number of carbonyl (C=O) groups is 2. The predicted octanol–water partition coefficient (Wildman–Crippen LogP) is 6.71. The molecule has 0 aliphatic heterocycles. The first-order chi connectivity index (χ1) is 20.3.